The van der Waals surface area contributed by atoms with Crippen LogP contribution >= 0.6 is 23.1 Å². The van der Waals surface area contributed by atoms with Gasteiger partial charge in [0, 0.05) is 23.9 Å². The summed E-state index contributed by atoms with van der Waals surface area (Å²) in [4.78, 5) is 45.2. The van der Waals surface area contributed by atoms with E-state index < -0.39 is 0 Å². The van der Waals surface area contributed by atoms with Gasteiger partial charge in [0.1, 0.15) is 10.6 Å². The maximum absolute atomic E-state index is 13.1. The highest BCUT2D eigenvalue weighted by Crippen LogP contribution is 2.31. The molecule has 1 saturated heterocycles. The van der Waals surface area contributed by atoms with Gasteiger partial charge in [-0.05, 0) is 24.1 Å². The number of hydrogen-bond acceptors (Lipinski definition) is 6. The predicted octanol–water partition coefficient (Wildman–Crippen LogP) is 3.03. The van der Waals surface area contributed by atoms with Gasteiger partial charge in [-0.1, -0.05) is 23.9 Å². The summed E-state index contributed by atoms with van der Waals surface area (Å²) in [5.74, 6) is -0.732. The number of H-pyrrole nitrogens is 1. The lowest BCUT2D eigenvalue weighted by molar-refractivity contribution is -0.140. The van der Waals surface area contributed by atoms with Gasteiger partial charge in [-0.3, -0.25) is 19.3 Å². The summed E-state index contributed by atoms with van der Waals surface area (Å²) in [7, 11) is 0. The molecule has 27 heavy (non-hydrogen) atoms. The first-order valence-electron chi connectivity index (χ1n) is 8.26. The van der Waals surface area contributed by atoms with Gasteiger partial charge in [-0.2, -0.15) is 0 Å². The number of nitrogens with zero attached hydrogens (tertiary/aromatic N) is 2. The van der Waals surface area contributed by atoms with Gasteiger partial charge in [0.25, 0.3) is 5.56 Å². The molecule has 0 radical (unpaired) electrons. The number of hydrogen-bond donors (Lipinski definition) is 1. The zero-order valence-electron chi connectivity index (χ0n) is 14.0. The molecule has 0 bridgehead atoms. The highest BCUT2D eigenvalue weighted by Gasteiger charge is 2.26. The third-order valence-corrected chi connectivity index (χ3v) is 6.01. The van der Waals surface area contributed by atoms with Crippen LogP contribution in [0.2, 0.25) is 0 Å². The number of halogens is 1. The van der Waals surface area contributed by atoms with Crippen LogP contribution in [0.5, 0.6) is 0 Å². The van der Waals surface area contributed by atoms with E-state index in [4.69, 9.17) is 0 Å². The number of benzene rings is 1. The summed E-state index contributed by atoms with van der Waals surface area (Å²) in [6.45, 7) is 0.452. The van der Waals surface area contributed by atoms with Gasteiger partial charge >= 0.3 is 0 Å². The molecule has 1 aromatic carbocycles. The number of thiophene rings is 1. The molecule has 1 aliphatic rings. The van der Waals surface area contributed by atoms with E-state index in [0.29, 0.717) is 40.3 Å². The number of carbonyl (C=O) groups excluding carboxylic acids is 2. The Hall–Kier alpha value is -2.52. The summed E-state index contributed by atoms with van der Waals surface area (Å²) in [5.41, 5.74) is 1.12. The van der Waals surface area contributed by atoms with Gasteiger partial charge in [-0.15, -0.1) is 11.3 Å². The van der Waals surface area contributed by atoms with E-state index in [2.05, 4.69) is 9.97 Å². The quantitative estimate of drug-likeness (QED) is 0.535. The average Bonchev–Trinajstić information content (AvgIpc) is 3.27. The number of likely N-dealkylation sites (tertiary alicyclic amines) is 1. The number of nitrogens with one attached hydrogen (secondary N) is 1. The molecular weight excluding hydrogens is 389 g/mol. The van der Waals surface area contributed by atoms with Crippen molar-refractivity contribution in [3.05, 3.63) is 45.8 Å². The molecular formula is C18H14FN3O3S2. The Bertz CT molecular complexity index is 1090. The highest BCUT2D eigenvalue weighted by molar-refractivity contribution is 7.99. The number of fused-ring (bicyclic) bond motifs is 1. The summed E-state index contributed by atoms with van der Waals surface area (Å²) < 4.78 is 13.1. The Balaban J connectivity index is 1.58. The number of amides is 2. The lowest BCUT2D eigenvalue weighted by Gasteiger charge is -2.12. The van der Waals surface area contributed by atoms with Crippen LogP contribution < -0.4 is 5.56 Å². The third-order valence-electron chi connectivity index (χ3n) is 4.28. The molecule has 6 nitrogen and oxygen atoms in total. The maximum atomic E-state index is 13.1. The lowest BCUT2D eigenvalue weighted by atomic mass is 10.1. The van der Waals surface area contributed by atoms with Crippen molar-refractivity contribution in [2.45, 2.75) is 18.0 Å². The second-order valence-electron chi connectivity index (χ2n) is 6.04. The Kier molecular flexibility index (Phi) is 4.79. The molecule has 0 spiro atoms. The molecule has 1 aliphatic heterocycles. The molecule has 138 valence electrons. The molecule has 3 aromatic rings. The van der Waals surface area contributed by atoms with Gasteiger partial charge in [0.05, 0.1) is 11.1 Å². The fourth-order valence-electron chi connectivity index (χ4n) is 2.96. The van der Waals surface area contributed by atoms with Crippen LogP contribution in [0, 0.1) is 5.82 Å². The monoisotopic (exact) mass is 403 g/mol. The van der Waals surface area contributed by atoms with Crippen molar-refractivity contribution in [3.8, 4) is 11.1 Å². The molecule has 0 atom stereocenters. The van der Waals surface area contributed by atoms with E-state index in [-0.39, 0.29) is 28.9 Å². The number of aromatic amines is 1. The number of thioether (sulfide) groups is 1. The van der Waals surface area contributed by atoms with E-state index in [9.17, 15) is 18.8 Å². The topological polar surface area (TPSA) is 83.1 Å². The van der Waals surface area contributed by atoms with Crippen molar-refractivity contribution >= 4 is 45.1 Å². The molecule has 1 N–H and O–H groups in total. The molecule has 4 rings (SSSR count). The standard InChI is InChI=1S/C18H14FN3O3S2/c19-11-5-3-10(4-6-11)12-8-26-17-15(12)16(25)20-18(21-17)27-9-14(24)22-7-1-2-13(22)23/h3-6,8H,1-2,7,9H2,(H,20,21,25). The first-order valence-corrected chi connectivity index (χ1v) is 10.1. The second-order valence-corrected chi connectivity index (χ2v) is 7.86. The Morgan fingerprint density at radius 1 is 1.30 bits per heavy atom. The Morgan fingerprint density at radius 3 is 2.78 bits per heavy atom. The summed E-state index contributed by atoms with van der Waals surface area (Å²) in [6.07, 6.45) is 1.09. The van der Waals surface area contributed by atoms with Crippen LogP contribution in [0.3, 0.4) is 0 Å². The normalized spacial score (nSPS) is 14.3. The Labute approximate surface area is 161 Å². The largest absolute Gasteiger partial charge is 0.301 e. The first kappa shape index (κ1) is 17.9. The van der Waals surface area contributed by atoms with Crippen molar-refractivity contribution < 1.29 is 14.0 Å². The molecule has 2 amide bonds. The third kappa shape index (κ3) is 3.52. The van der Waals surface area contributed by atoms with Gasteiger partial charge in [0.15, 0.2) is 5.16 Å². The van der Waals surface area contributed by atoms with Gasteiger partial charge < -0.3 is 4.98 Å². The Morgan fingerprint density at radius 2 is 2.07 bits per heavy atom. The maximum Gasteiger partial charge on any atom is 0.260 e. The van der Waals surface area contributed by atoms with Crippen molar-refractivity contribution in [3.63, 3.8) is 0 Å². The highest BCUT2D eigenvalue weighted by atomic mass is 32.2. The van der Waals surface area contributed by atoms with Gasteiger partial charge in [-0.25, -0.2) is 9.37 Å². The number of carbonyl (C=O) groups is 2. The predicted molar refractivity (Wildman–Crippen MR) is 102 cm³/mol. The average molecular weight is 403 g/mol. The van der Waals surface area contributed by atoms with Crippen LogP contribution in [0.4, 0.5) is 4.39 Å². The number of aromatic nitrogens is 2. The first-order chi connectivity index (χ1) is 13.0. The molecule has 9 heteroatoms. The lowest BCUT2D eigenvalue weighted by Crippen LogP contribution is -2.33. The summed E-state index contributed by atoms with van der Waals surface area (Å²) in [6, 6.07) is 5.92. The van der Waals surface area contributed by atoms with Crippen LogP contribution in [0.25, 0.3) is 21.3 Å². The fraction of sp³-hybridized carbons (Fsp3) is 0.222. The van der Waals surface area contributed by atoms with Crippen molar-refractivity contribution in [1.29, 1.82) is 0 Å². The summed E-state index contributed by atoms with van der Waals surface area (Å²) >= 11 is 2.41. The molecule has 0 saturated carbocycles. The van der Waals surface area contributed by atoms with Crippen LogP contribution in [0.1, 0.15) is 12.8 Å². The second kappa shape index (κ2) is 7.24. The zero-order chi connectivity index (χ0) is 19.0. The van der Waals surface area contributed by atoms with E-state index in [1.54, 1.807) is 12.1 Å². The zero-order valence-corrected chi connectivity index (χ0v) is 15.7. The molecule has 1 fully saturated rings. The summed E-state index contributed by atoms with van der Waals surface area (Å²) in [5, 5.41) is 2.58. The minimum Gasteiger partial charge on any atom is -0.301 e. The minimum atomic E-state index is -0.342. The van der Waals surface area contributed by atoms with Crippen LogP contribution in [0.15, 0.2) is 39.6 Å². The van der Waals surface area contributed by atoms with Crippen molar-refractivity contribution in [1.82, 2.24) is 14.9 Å². The molecule has 0 aliphatic carbocycles. The fourth-order valence-corrected chi connectivity index (χ4v) is 4.70. The van der Waals surface area contributed by atoms with E-state index >= 15 is 0 Å². The minimum absolute atomic E-state index is 0.0381. The SMILES string of the molecule is O=C1CCCN1C(=O)CSc1nc2scc(-c3ccc(F)cc3)c2c(=O)[nH]1. The van der Waals surface area contributed by atoms with E-state index in [1.807, 2.05) is 5.38 Å². The van der Waals surface area contributed by atoms with Crippen LogP contribution in [-0.4, -0.2) is 39.0 Å². The van der Waals surface area contributed by atoms with Crippen LogP contribution in [-0.2, 0) is 9.59 Å². The number of rotatable bonds is 4. The smallest absolute Gasteiger partial charge is 0.260 e. The van der Waals surface area contributed by atoms with E-state index in [1.165, 1.54) is 28.4 Å². The van der Waals surface area contributed by atoms with Crippen molar-refractivity contribution in [2.24, 2.45) is 0 Å². The van der Waals surface area contributed by atoms with E-state index in [0.717, 1.165) is 17.3 Å². The molecule has 3 heterocycles. The molecule has 2 aromatic heterocycles. The van der Waals surface area contributed by atoms with Crippen molar-refractivity contribution in [2.75, 3.05) is 12.3 Å². The number of imide groups is 1. The molecule has 0 unspecified atom stereocenters. The van der Waals surface area contributed by atoms with Gasteiger partial charge in [0.2, 0.25) is 11.8 Å².